The van der Waals surface area contributed by atoms with Gasteiger partial charge >= 0.3 is 0 Å². The van der Waals surface area contributed by atoms with Crippen molar-refractivity contribution in [2.45, 2.75) is 38.6 Å². The van der Waals surface area contributed by atoms with Crippen molar-refractivity contribution < 1.29 is 9.47 Å². The van der Waals surface area contributed by atoms with Crippen LogP contribution in [0.4, 0.5) is 0 Å². The second-order valence-electron chi connectivity index (χ2n) is 6.24. The van der Waals surface area contributed by atoms with Crippen LogP contribution in [0.25, 0.3) is 0 Å². The number of hydrazone groups is 1. The molecule has 2 N–H and O–H groups in total. The zero-order valence-electron chi connectivity index (χ0n) is 14.1. The summed E-state index contributed by atoms with van der Waals surface area (Å²) in [4.78, 5) is 0. The number of hydrogen-bond donors (Lipinski definition) is 2. The number of ether oxygens (including phenoxy) is 2. The molecule has 23 heavy (non-hydrogen) atoms. The first kappa shape index (κ1) is 16.1. The summed E-state index contributed by atoms with van der Waals surface area (Å²) in [6, 6.07) is 6.46. The summed E-state index contributed by atoms with van der Waals surface area (Å²) in [6.07, 6.45) is 4.51. The summed E-state index contributed by atoms with van der Waals surface area (Å²) in [5.41, 5.74) is 5.79. The van der Waals surface area contributed by atoms with Crippen LogP contribution in [0, 0.1) is 5.92 Å². The van der Waals surface area contributed by atoms with Gasteiger partial charge in [-0.3, -0.25) is 0 Å². The molecule has 0 aliphatic carbocycles. The first-order valence-corrected chi connectivity index (χ1v) is 8.67. The van der Waals surface area contributed by atoms with Crippen molar-refractivity contribution in [3.05, 3.63) is 23.8 Å². The minimum Gasteiger partial charge on any atom is -0.493 e. The highest BCUT2D eigenvalue weighted by molar-refractivity contribution is 5.89. The van der Waals surface area contributed by atoms with Crippen LogP contribution in [0.5, 0.6) is 11.5 Å². The quantitative estimate of drug-likeness (QED) is 0.759. The number of methoxy groups -OCH3 is 1. The van der Waals surface area contributed by atoms with Crippen molar-refractivity contribution >= 4 is 5.71 Å². The molecule has 2 atom stereocenters. The number of piperidine rings is 1. The van der Waals surface area contributed by atoms with Crippen LogP contribution in [-0.4, -0.2) is 32.5 Å². The predicted molar refractivity (Wildman–Crippen MR) is 92.3 cm³/mol. The van der Waals surface area contributed by atoms with E-state index >= 15 is 0 Å². The fraction of sp³-hybridized carbons (Fsp3) is 0.611. The number of nitrogens with zero attached hydrogens (tertiary/aromatic N) is 1. The lowest BCUT2D eigenvalue weighted by molar-refractivity contribution is 0.285. The van der Waals surface area contributed by atoms with E-state index in [-0.39, 0.29) is 6.04 Å². The Kier molecular flexibility index (Phi) is 5.39. The molecule has 2 unspecified atom stereocenters. The first-order valence-electron chi connectivity index (χ1n) is 8.67. The van der Waals surface area contributed by atoms with Gasteiger partial charge in [0.05, 0.1) is 19.8 Å². The molecule has 5 nitrogen and oxygen atoms in total. The molecule has 3 rings (SSSR count). The van der Waals surface area contributed by atoms with Crippen LogP contribution in [0.2, 0.25) is 0 Å². The van der Waals surface area contributed by atoms with Gasteiger partial charge in [0.15, 0.2) is 11.5 Å². The largest absolute Gasteiger partial charge is 0.493 e. The minimum absolute atomic E-state index is 0.223. The van der Waals surface area contributed by atoms with Gasteiger partial charge in [0.25, 0.3) is 0 Å². The molecular weight excluding hydrogens is 290 g/mol. The van der Waals surface area contributed by atoms with Crippen LogP contribution in [-0.2, 0) is 0 Å². The molecular formula is C18H27N3O2. The number of benzene rings is 1. The number of rotatable bonds is 7. The molecule has 2 heterocycles. The highest BCUT2D eigenvalue weighted by Crippen LogP contribution is 2.35. The summed E-state index contributed by atoms with van der Waals surface area (Å²) in [5.74, 6) is 2.07. The SMILES string of the molecule is CCCCCOc1ccc(C2NN=C3CCNCC32)cc1OC. The van der Waals surface area contributed by atoms with Gasteiger partial charge in [-0.2, -0.15) is 5.10 Å². The van der Waals surface area contributed by atoms with Gasteiger partial charge in [0.1, 0.15) is 0 Å². The Morgan fingerprint density at radius 3 is 3.00 bits per heavy atom. The van der Waals surface area contributed by atoms with Crippen molar-refractivity contribution in [3.63, 3.8) is 0 Å². The van der Waals surface area contributed by atoms with Gasteiger partial charge in [0, 0.05) is 31.1 Å². The van der Waals surface area contributed by atoms with E-state index in [0.717, 1.165) is 44.0 Å². The Balaban J connectivity index is 1.69. The van der Waals surface area contributed by atoms with Gasteiger partial charge in [0.2, 0.25) is 0 Å². The van der Waals surface area contributed by atoms with E-state index < -0.39 is 0 Å². The van der Waals surface area contributed by atoms with Crippen molar-refractivity contribution in [1.82, 2.24) is 10.7 Å². The molecule has 0 spiro atoms. The molecule has 1 saturated heterocycles. The Morgan fingerprint density at radius 1 is 1.26 bits per heavy atom. The second kappa shape index (κ2) is 7.68. The number of unbranched alkanes of at least 4 members (excludes halogenated alkanes) is 2. The normalized spacial score (nSPS) is 23.0. The number of fused-ring (bicyclic) bond motifs is 1. The van der Waals surface area contributed by atoms with E-state index in [0.29, 0.717) is 5.92 Å². The summed E-state index contributed by atoms with van der Waals surface area (Å²) < 4.78 is 11.4. The standard InChI is InChI=1S/C18H27N3O2/c1-3-4-5-10-23-16-7-6-13(11-17(16)22-2)18-14-12-19-9-8-15(14)20-21-18/h6-7,11,14,18-19,21H,3-5,8-10,12H2,1-2H3. The summed E-state index contributed by atoms with van der Waals surface area (Å²) in [6.45, 7) is 4.94. The van der Waals surface area contributed by atoms with E-state index in [1.165, 1.54) is 24.1 Å². The van der Waals surface area contributed by atoms with Crippen LogP contribution in [0.1, 0.15) is 44.2 Å². The highest BCUT2D eigenvalue weighted by Gasteiger charge is 2.34. The lowest BCUT2D eigenvalue weighted by Crippen LogP contribution is -2.38. The molecule has 0 radical (unpaired) electrons. The molecule has 126 valence electrons. The molecule has 0 aromatic heterocycles. The van der Waals surface area contributed by atoms with Crippen molar-refractivity contribution in [2.24, 2.45) is 11.0 Å². The van der Waals surface area contributed by atoms with Gasteiger partial charge in [-0.1, -0.05) is 25.8 Å². The molecule has 0 saturated carbocycles. The summed E-state index contributed by atoms with van der Waals surface area (Å²) in [5, 5.41) is 7.98. The monoisotopic (exact) mass is 317 g/mol. The van der Waals surface area contributed by atoms with E-state index in [9.17, 15) is 0 Å². The molecule has 0 bridgehead atoms. The van der Waals surface area contributed by atoms with E-state index in [1.54, 1.807) is 7.11 Å². The van der Waals surface area contributed by atoms with Gasteiger partial charge in [-0.15, -0.1) is 0 Å². The van der Waals surface area contributed by atoms with Crippen molar-refractivity contribution in [3.8, 4) is 11.5 Å². The Morgan fingerprint density at radius 2 is 2.17 bits per heavy atom. The van der Waals surface area contributed by atoms with E-state index in [4.69, 9.17) is 9.47 Å². The smallest absolute Gasteiger partial charge is 0.161 e. The lowest BCUT2D eigenvalue weighted by atomic mass is 9.87. The molecule has 1 aromatic carbocycles. The maximum absolute atomic E-state index is 5.87. The molecule has 1 aromatic rings. The molecule has 0 amide bonds. The average Bonchev–Trinajstić information content (AvgIpc) is 3.03. The predicted octanol–water partition coefficient (Wildman–Crippen LogP) is 2.87. The average molecular weight is 317 g/mol. The Labute approximate surface area is 138 Å². The molecule has 1 fully saturated rings. The van der Waals surface area contributed by atoms with Gasteiger partial charge in [-0.25, -0.2) is 0 Å². The van der Waals surface area contributed by atoms with Crippen LogP contribution >= 0.6 is 0 Å². The fourth-order valence-corrected chi connectivity index (χ4v) is 3.31. The third-order valence-electron chi connectivity index (χ3n) is 4.65. The van der Waals surface area contributed by atoms with Crippen LogP contribution < -0.4 is 20.2 Å². The molecule has 2 aliphatic rings. The summed E-state index contributed by atoms with van der Waals surface area (Å²) in [7, 11) is 1.70. The molecule has 5 heteroatoms. The zero-order valence-corrected chi connectivity index (χ0v) is 14.1. The maximum atomic E-state index is 5.87. The van der Waals surface area contributed by atoms with E-state index in [2.05, 4.69) is 34.9 Å². The third-order valence-corrected chi connectivity index (χ3v) is 4.65. The Hall–Kier alpha value is -1.75. The zero-order chi connectivity index (χ0) is 16.1. The second-order valence-corrected chi connectivity index (χ2v) is 6.24. The van der Waals surface area contributed by atoms with Gasteiger partial charge in [-0.05, 0) is 24.1 Å². The highest BCUT2D eigenvalue weighted by atomic mass is 16.5. The van der Waals surface area contributed by atoms with Crippen LogP contribution in [0.3, 0.4) is 0 Å². The third kappa shape index (κ3) is 3.61. The van der Waals surface area contributed by atoms with Gasteiger partial charge < -0.3 is 20.2 Å². The topological polar surface area (TPSA) is 54.9 Å². The Bertz CT molecular complexity index is 559. The summed E-state index contributed by atoms with van der Waals surface area (Å²) >= 11 is 0. The van der Waals surface area contributed by atoms with Crippen molar-refractivity contribution in [1.29, 1.82) is 0 Å². The van der Waals surface area contributed by atoms with Crippen molar-refractivity contribution in [2.75, 3.05) is 26.8 Å². The van der Waals surface area contributed by atoms with Crippen LogP contribution in [0.15, 0.2) is 23.3 Å². The lowest BCUT2D eigenvalue weighted by Gasteiger charge is -2.25. The maximum Gasteiger partial charge on any atom is 0.161 e. The fourth-order valence-electron chi connectivity index (χ4n) is 3.31. The number of hydrogen-bond acceptors (Lipinski definition) is 5. The molecule has 2 aliphatic heterocycles. The minimum atomic E-state index is 0.223. The number of nitrogens with one attached hydrogen (secondary N) is 2. The first-order chi connectivity index (χ1) is 11.3. The van der Waals surface area contributed by atoms with E-state index in [1.807, 2.05) is 6.07 Å².